The van der Waals surface area contributed by atoms with Crippen LogP contribution in [0.15, 0.2) is 41.5 Å². The molecule has 0 fully saturated rings. The average Bonchev–Trinajstić information content (AvgIpc) is 3.10. The summed E-state index contributed by atoms with van der Waals surface area (Å²) in [7, 11) is 1.58. The minimum absolute atomic E-state index is 0.164. The highest BCUT2D eigenvalue weighted by molar-refractivity contribution is 14.1. The number of hydrogen-bond acceptors (Lipinski definition) is 3. The van der Waals surface area contributed by atoms with Crippen molar-refractivity contribution in [2.75, 3.05) is 13.7 Å². The van der Waals surface area contributed by atoms with Gasteiger partial charge in [-0.3, -0.25) is 0 Å². The maximum absolute atomic E-state index is 10.0. The molecule has 0 saturated heterocycles. The molecule has 1 aliphatic heterocycles. The number of methoxy groups -OCH3 is 1. The summed E-state index contributed by atoms with van der Waals surface area (Å²) < 4.78 is 12.0. The zero-order valence-electron chi connectivity index (χ0n) is 16.0. The largest absolute Gasteiger partial charge is 0.504 e. The minimum atomic E-state index is 0.164. The van der Waals surface area contributed by atoms with Crippen LogP contribution < -0.4 is 4.74 Å². The molecule has 1 unspecified atom stereocenters. The molecule has 142 valence electrons. The fourth-order valence-electron chi connectivity index (χ4n) is 3.27. The predicted molar refractivity (Wildman–Crippen MR) is 117 cm³/mol. The third-order valence-electron chi connectivity index (χ3n) is 4.72. The van der Waals surface area contributed by atoms with Crippen LogP contribution in [0.3, 0.4) is 0 Å². The Morgan fingerprint density at radius 3 is 2.81 bits per heavy atom. The van der Waals surface area contributed by atoms with Crippen molar-refractivity contribution in [3.8, 4) is 11.5 Å². The molecular weight excluding hydrogens is 439 g/mol. The Balaban J connectivity index is 2.14. The monoisotopic (exact) mass is 468 g/mol. The molecular formula is C22H29IO3. The molecule has 1 aromatic rings. The Kier molecular flexibility index (Phi) is 8.22. The summed E-state index contributed by atoms with van der Waals surface area (Å²) in [5, 5.41) is 10.0. The Bertz CT molecular complexity index is 704. The Morgan fingerprint density at radius 1 is 1.38 bits per heavy atom. The second-order valence-corrected chi connectivity index (χ2v) is 7.75. The first-order valence-corrected chi connectivity index (χ1v) is 10.3. The van der Waals surface area contributed by atoms with Gasteiger partial charge in [0.15, 0.2) is 11.5 Å². The predicted octanol–water partition coefficient (Wildman–Crippen LogP) is 6.26. The standard InChI is InChI=1S/C22H29IO3/c1-5-7-16(8-9-20-18(10-11-26-20)15(3)6-2)12-17-13-19(23)22(24)21(14-17)25-4/h10,12-14,20,24H,3,5-9,11H2,1-2,4H3/b16-12+. The number of benzene rings is 1. The highest BCUT2D eigenvalue weighted by atomic mass is 127. The van der Waals surface area contributed by atoms with Crippen LogP contribution in [0, 0.1) is 3.57 Å². The van der Waals surface area contributed by atoms with Crippen molar-refractivity contribution in [3.63, 3.8) is 0 Å². The van der Waals surface area contributed by atoms with Crippen LogP contribution in [0.2, 0.25) is 0 Å². The van der Waals surface area contributed by atoms with E-state index in [1.165, 1.54) is 16.7 Å². The quantitative estimate of drug-likeness (QED) is 0.435. The van der Waals surface area contributed by atoms with Gasteiger partial charge < -0.3 is 14.6 Å². The number of aromatic hydroxyl groups is 1. The molecule has 0 aromatic heterocycles. The van der Waals surface area contributed by atoms with Crippen LogP contribution >= 0.6 is 22.6 Å². The molecule has 4 heteroatoms. The van der Waals surface area contributed by atoms with E-state index in [0.29, 0.717) is 12.4 Å². The Morgan fingerprint density at radius 2 is 2.15 bits per heavy atom. The zero-order chi connectivity index (χ0) is 19.1. The molecule has 0 saturated carbocycles. The summed E-state index contributed by atoms with van der Waals surface area (Å²) in [5.41, 5.74) is 4.93. The lowest BCUT2D eigenvalue weighted by molar-refractivity contribution is 0.116. The smallest absolute Gasteiger partial charge is 0.171 e. The van der Waals surface area contributed by atoms with E-state index in [-0.39, 0.29) is 11.9 Å². The summed E-state index contributed by atoms with van der Waals surface area (Å²) in [6, 6.07) is 3.88. The van der Waals surface area contributed by atoms with Gasteiger partial charge in [-0.15, -0.1) is 0 Å². The van der Waals surface area contributed by atoms with Gasteiger partial charge in [0.1, 0.15) is 0 Å². The third-order valence-corrected chi connectivity index (χ3v) is 5.55. The van der Waals surface area contributed by atoms with Crippen LogP contribution in [0.5, 0.6) is 11.5 Å². The third kappa shape index (κ3) is 5.36. The van der Waals surface area contributed by atoms with Crippen molar-refractivity contribution in [3.05, 3.63) is 50.6 Å². The van der Waals surface area contributed by atoms with E-state index in [1.807, 2.05) is 12.1 Å². The van der Waals surface area contributed by atoms with E-state index < -0.39 is 0 Å². The molecule has 2 rings (SSSR count). The zero-order valence-corrected chi connectivity index (χ0v) is 18.1. The van der Waals surface area contributed by atoms with Gasteiger partial charge in [0.05, 0.1) is 23.4 Å². The number of ether oxygens (including phenoxy) is 2. The summed E-state index contributed by atoms with van der Waals surface area (Å²) >= 11 is 2.14. The molecule has 1 N–H and O–H groups in total. The molecule has 0 bridgehead atoms. The lowest BCUT2D eigenvalue weighted by Crippen LogP contribution is -2.11. The summed E-state index contributed by atoms with van der Waals surface area (Å²) in [4.78, 5) is 0. The van der Waals surface area contributed by atoms with Crippen molar-refractivity contribution in [1.29, 1.82) is 0 Å². The van der Waals surface area contributed by atoms with Crippen molar-refractivity contribution < 1.29 is 14.6 Å². The maximum atomic E-state index is 10.0. The van der Waals surface area contributed by atoms with Gasteiger partial charge in [-0.2, -0.15) is 0 Å². The molecule has 1 atom stereocenters. The highest BCUT2D eigenvalue weighted by Crippen LogP contribution is 2.34. The van der Waals surface area contributed by atoms with Gasteiger partial charge in [-0.1, -0.05) is 44.6 Å². The van der Waals surface area contributed by atoms with Crippen LogP contribution in [0.1, 0.15) is 51.5 Å². The molecule has 1 aliphatic rings. The van der Waals surface area contributed by atoms with Crippen LogP contribution in [-0.4, -0.2) is 24.9 Å². The summed E-state index contributed by atoms with van der Waals surface area (Å²) in [6.45, 7) is 9.21. The van der Waals surface area contributed by atoms with Crippen LogP contribution in [0.25, 0.3) is 6.08 Å². The van der Waals surface area contributed by atoms with Crippen LogP contribution in [0.4, 0.5) is 0 Å². The molecule has 0 amide bonds. The summed E-state index contributed by atoms with van der Waals surface area (Å²) in [6.07, 6.45) is 9.66. The number of phenolic OH excluding ortho intramolecular Hbond substituents is 1. The Labute approximate surface area is 170 Å². The number of phenols is 1. The summed E-state index contributed by atoms with van der Waals surface area (Å²) in [5.74, 6) is 0.720. The van der Waals surface area contributed by atoms with Crippen molar-refractivity contribution in [1.82, 2.24) is 0 Å². The van der Waals surface area contributed by atoms with Gasteiger partial charge >= 0.3 is 0 Å². The van der Waals surface area contributed by atoms with Gasteiger partial charge in [0.2, 0.25) is 0 Å². The first-order valence-electron chi connectivity index (χ1n) is 9.25. The van der Waals surface area contributed by atoms with Gasteiger partial charge in [0, 0.05) is 0 Å². The van der Waals surface area contributed by atoms with E-state index in [0.717, 1.165) is 41.2 Å². The SMILES string of the molecule is C=C(CC)C1=CCOC1CC/C(=C/c1cc(I)c(O)c(OC)c1)CCC. The molecule has 1 aromatic carbocycles. The number of halogens is 1. The number of allylic oxidation sites excluding steroid dienone is 1. The number of rotatable bonds is 9. The van der Waals surface area contributed by atoms with Crippen molar-refractivity contribution >= 4 is 28.7 Å². The van der Waals surface area contributed by atoms with Crippen molar-refractivity contribution in [2.45, 2.75) is 52.1 Å². The van der Waals surface area contributed by atoms with Gasteiger partial charge in [-0.05, 0) is 77.1 Å². The first kappa shape index (κ1) is 21.0. The minimum Gasteiger partial charge on any atom is -0.504 e. The first-order chi connectivity index (χ1) is 12.5. The fraction of sp³-hybridized carbons (Fsp3) is 0.455. The lowest BCUT2D eigenvalue weighted by atomic mass is 9.94. The molecule has 26 heavy (non-hydrogen) atoms. The van der Waals surface area contributed by atoms with E-state index in [9.17, 15) is 5.11 Å². The second-order valence-electron chi connectivity index (χ2n) is 6.58. The van der Waals surface area contributed by atoms with Gasteiger partial charge in [0.25, 0.3) is 0 Å². The van der Waals surface area contributed by atoms with E-state index in [1.54, 1.807) is 7.11 Å². The number of hydrogen-bond donors (Lipinski definition) is 1. The fourth-order valence-corrected chi connectivity index (χ4v) is 3.89. The van der Waals surface area contributed by atoms with E-state index in [2.05, 4.69) is 55.2 Å². The highest BCUT2D eigenvalue weighted by Gasteiger charge is 2.21. The normalized spacial score (nSPS) is 17.3. The van der Waals surface area contributed by atoms with Crippen molar-refractivity contribution in [2.24, 2.45) is 0 Å². The lowest BCUT2D eigenvalue weighted by Gasteiger charge is -2.17. The second kappa shape index (κ2) is 10.2. The molecule has 3 nitrogen and oxygen atoms in total. The Hall–Kier alpha value is -1.27. The van der Waals surface area contributed by atoms with E-state index >= 15 is 0 Å². The maximum Gasteiger partial charge on any atom is 0.171 e. The van der Waals surface area contributed by atoms with Gasteiger partial charge in [-0.25, -0.2) is 0 Å². The molecule has 0 spiro atoms. The molecule has 0 aliphatic carbocycles. The topological polar surface area (TPSA) is 38.7 Å². The molecule has 1 heterocycles. The van der Waals surface area contributed by atoms with Crippen LogP contribution in [-0.2, 0) is 4.74 Å². The van der Waals surface area contributed by atoms with E-state index in [4.69, 9.17) is 9.47 Å². The average molecular weight is 468 g/mol. The molecule has 0 radical (unpaired) electrons.